The van der Waals surface area contributed by atoms with Gasteiger partial charge in [0, 0.05) is 18.5 Å². The number of carbonyl (C=O) groups excluding carboxylic acids is 2. The number of allylic oxidation sites excluding steroid dienone is 2. The summed E-state index contributed by atoms with van der Waals surface area (Å²) in [5.74, 6) is 0.417. The molecule has 2 unspecified atom stereocenters. The number of ether oxygens (including phenoxy) is 2. The number of fused-ring (bicyclic) bond motifs is 2. The van der Waals surface area contributed by atoms with Crippen LogP contribution in [0.3, 0.4) is 0 Å². The van der Waals surface area contributed by atoms with Gasteiger partial charge in [-0.15, -0.1) is 23.1 Å². The Hall–Kier alpha value is -2.46. The van der Waals surface area contributed by atoms with E-state index in [1.807, 2.05) is 40.6 Å². The predicted molar refractivity (Wildman–Crippen MR) is 130 cm³/mol. The highest BCUT2D eigenvalue weighted by atomic mass is 32.2. The molecule has 0 spiro atoms. The molecule has 2 amide bonds. The van der Waals surface area contributed by atoms with Gasteiger partial charge in [0.05, 0.1) is 30.4 Å². The van der Waals surface area contributed by atoms with E-state index in [0.717, 1.165) is 24.2 Å². The van der Waals surface area contributed by atoms with E-state index in [0.29, 0.717) is 30.6 Å². The zero-order valence-corrected chi connectivity index (χ0v) is 19.7. The lowest BCUT2D eigenvalue weighted by molar-refractivity contribution is -0.129. The highest BCUT2D eigenvalue weighted by Gasteiger charge is 2.26. The number of anilines is 1. The molecule has 1 N–H and O–H groups in total. The molecule has 2 aromatic rings. The third-order valence-corrected chi connectivity index (χ3v) is 7.50. The van der Waals surface area contributed by atoms with Crippen molar-refractivity contribution in [2.75, 3.05) is 36.6 Å². The van der Waals surface area contributed by atoms with Crippen molar-refractivity contribution in [2.24, 2.45) is 0 Å². The van der Waals surface area contributed by atoms with E-state index in [9.17, 15) is 9.59 Å². The van der Waals surface area contributed by atoms with Crippen molar-refractivity contribution in [2.45, 2.75) is 25.2 Å². The summed E-state index contributed by atoms with van der Waals surface area (Å²) < 4.78 is 11.4. The average Bonchev–Trinajstić information content (AvgIpc) is 3.31. The zero-order chi connectivity index (χ0) is 22.6. The first-order valence-corrected chi connectivity index (χ1v) is 13.0. The lowest BCUT2D eigenvalue weighted by atomic mass is 10.00. The van der Waals surface area contributed by atoms with Crippen LogP contribution in [-0.2, 0) is 32.0 Å². The summed E-state index contributed by atoms with van der Waals surface area (Å²) in [6.45, 7) is 2.57. The van der Waals surface area contributed by atoms with Crippen LogP contribution < -0.4 is 5.32 Å². The summed E-state index contributed by atoms with van der Waals surface area (Å²) in [5, 5.41) is 5.30. The Balaban J connectivity index is 1.08. The minimum absolute atomic E-state index is 0.0419. The maximum absolute atomic E-state index is 12.6. The Bertz CT molecular complexity index is 1100. The van der Waals surface area contributed by atoms with Crippen LogP contribution in [0, 0.1) is 0 Å². The summed E-state index contributed by atoms with van der Waals surface area (Å²) in [5.41, 5.74) is 4.28. The molecule has 9 heteroatoms. The number of nitrogens with zero attached hydrogens (tertiary/aromatic N) is 2. The minimum Gasteiger partial charge on any atom is -0.369 e. The Morgan fingerprint density at radius 1 is 1.15 bits per heavy atom. The van der Waals surface area contributed by atoms with Gasteiger partial charge in [-0.25, -0.2) is 4.98 Å². The number of carbonyl (C=O) groups is 2. The molecular weight excluding hydrogens is 458 g/mol. The molecule has 7 nitrogen and oxygen atoms in total. The third-order valence-electron chi connectivity index (χ3n) is 5.83. The van der Waals surface area contributed by atoms with Crippen LogP contribution in [0.25, 0.3) is 5.57 Å². The van der Waals surface area contributed by atoms with Gasteiger partial charge in [-0.05, 0) is 29.2 Å². The molecule has 3 aliphatic rings. The zero-order valence-electron chi connectivity index (χ0n) is 18.1. The number of thioether (sulfide) groups is 1. The number of aromatic nitrogens is 1. The van der Waals surface area contributed by atoms with Gasteiger partial charge in [0.1, 0.15) is 12.2 Å². The first-order chi connectivity index (χ1) is 16.2. The third kappa shape index (κ3) is 5.38. The summed E-state index contributed by atoms with van der Waals surface area (Å²) in [6, 6.07) is 8.24. The van der Waals surface area contributed by atoms with E-state index in [1.165, 1.54) is 34.2 Å². The van der Waals surface area contributed by atoms with Gasteiger partial charge in [-0.3, -0.25) is 9.59 Å². The molecule has 33 heavy (non-hydrogen) atoms. The van der Waals surface area contributed by atoms with E-state index in [1.54, 1.807) is 0 Å². The second-order valence-corrected chi connectivity index (χ2v) is 9.91. The summed E-state index contributed by atoms with van der Waals surface area (Å²) in [7, 11) is 0. The summed E-state index contributed by atoms with van der Waals surface area (Å²) >= 11 is 2.71. The molecular formula is C24H25N3O4S2. The van der Waals surface area contributed by atoms with E-state index < -0.39 is 0 Å². The normalized spacial score (nSPS) is 21.7. The van der Waals surface area contributed by atoms with Gasteiger partial charge >= 0.3 is 0 Å². The van der Waals surface area contributed by atoms with Gasteiger partial charge in [-0.1, -0.05) is 36.4 Å². The molecule has 5 rings (SSSR count). The van der Waals surface area contributed by atoms with Crippen molar-refractivity contribution in [3.05, 3.63) is 64.7 Å². The number of hydrogen-bond donors (Lipinski definition) is 1. The minimum atomic E-state index is -0.157. The van der Waals surface area contributed by atoms with E-state index in [-0.39, 0.29) is 29.8 Å². The van der Waals surface area contributed by atoms with E-state index in [4.69, 9.17) is 9.47 Å². The fourth-order valence-electron chi connectivity index (χ4n) is 4.12. The number of benzene rings is 1. The Labute approximate surface area is 200 Å². The molecule has 2 aliphatic heterocycles. The number of rotatable bonds is 6. The number of hydrogen-bond acceptors (Lipinski definition) is 7. The van der Waals surface area contributed by atoms with Gasteiger partial charge in [0.25, 0.3) is 0 Å². The largest absolute Gasteiger partial charge is 0.369 e. The maximum atomic E-state index is 12.6. The van der Waals surface area contributed by atoms with Gasteiger partial charge in [-0.2, -0.15) is 0 Å². The molecule has 0 radical (unpaired) electrons. The quantitative estimate of drug-likeness (QED) is 0.680. The molecule has 2 atom stereocenters. The molecule has 1 aromatic heterocycles. The second-order valence-electron chi connectivity index (χ2n) is 8.06. The highest BCUT2D eigenvalue weighted by molar-refractivity contribution is 8.00. The fourth-order valence-corrected chi connectivity index (χ4v) is 5.57. The van der Waals surface area contributed by atoms with Crippen LogP contribution in [0.4, 0.5) is 5.13 Å². The highest BCUT2D eigenvalue weighted by Crippen LogP contribution is 2.28. The topological polar surface area (TPSA) is 80.8 Å². The van der Waals surface area contributed by atoms with Crippen LogP contribution in [0.5, 0.6) is 0 Å². The molecule has 1 fully saturated rings. The summed E-state index contributed by atoms with van der Waals surface area (Å²) in [4.78, 5) is 31.3. The van der Waals surface area contributed by atoms with E-state index >= 15 is 0 Å². The molecule has 3 heterocycles. The summed E-state index contributed by atoms with van der Waals surface area (Å²) in [6.07, 6.45) is 6.74. The van der Waals surface area contributed by atoms with Gasteiger partial charge in [0.15, 0.2) is 5.13 Å². The molecule has 1 saturated heterocycles. The molecule has 172 valence electrons. The van der Waals surface area contributed by atoms with Crippen LogP contribution >= 0.6 is 23.1 Å². The van der Waals surface area contributed by atoms with E-state index in [2.05, 4.69) is 22.4 Å². The van der Waals surface area contributed by atoms with Gasteiger partial charge < -0.3 is 19.7 Å². The van der Waals surface area contributed by atoms with Crippen LogP contribution in [-0.4, -0.2) is 65.2 Å². The Kier molecular flexibility index (Phi) is 6.91. The molecule has 1 aromatic carbocycles. The Morgan fingerprint density at radius 2 is 1.97 bits per heavy atom. The second kappa shape index (κ2) is 10.2. The average molecular weight is 484 g/mol. The number of nitrogens with one attached hydrogen (secondary N) is 1. The number of thiazole rings is 1. The van der Waals surface area contributed by atoms with Crippen LogP contribution in [0.2, 0.25) is 0 Å². The molecule has 0 bridgehead atoms. The SMILES string of the molecule is O=C(CSCC(=O)N1CCc2ccccc2C1)Nc1nc(C2=CC3OCCOC3C=C2)cs1. The van der Waals surface area contributed by atoms with Crippen LogP contribution in [0.15, 0.2) is 47.9 Å². The van der Waals surface area contributed by atoms with Crippen molar-refractivity contribution < 1.29 is 19.1 Å². The smallest absolute Gasteiger partial charge is 0.236 e. The lowest BCUT2D eigenvalue weighted by Gasteiger charge is -2.30. The van der Waals surface area contributed by atoms with Crippen molar-refractivity contribution in [1.82, 2.24) is 9.88 Å². The fraction of sp³-hybridized carbons (Fsp3) is 0.375. The first kappa shape index (κ1) is 22.3. The monoisotopic (exact) mass is 483 g/mol. The standard InChI is InChI=1S/C24H25N3O4S2/c28-22(14-32-15-23(29)27-8-7-16-3-1-2-4-18(16)12-27)26-24-25-19(13-33-24)17-5-6-20-21(11-17)31-10-9-30-20/h1-6,11,13,20-21H,7-10,12,14-15H2,(H,25,26,28). The van der Waals surface area contributed by atoms with Crippen molar-refractivity contribution in [3.8, 4) is 0 Å². The van der Waals surface area contributed by atoms with Crippen molar-refractivity contribution in [3.63, 3.8) is 0 Å². The first-order valence-electron chi connectivity index (χ1n) is 11.0. The maximum Gasteiger partial charge on any atom is 0.236 e. The van der Waals surface area contributed by atoms with Gasteiger partial charge in [0.2, 0.25) is 11.8 Å². The van der Waals surface area contributed by atoms with Crippen molar-refractivity contribution in [1.29, 1.82) is 0 Å². The number of amides is 2. The van der Waals surface area contributed by atoms with Crippen molar-refractivity contribution >= 4 is 45.6 Å². The predicted octanol–water partition coefficient (Wildman–Crippen LogP) is 3.14. The Morgan fingerprint density at radius 3 is 2.85 bits per heavy atom. The lowest BCUT2D eigenvalue weighted by Crippen LogP contribution is -2.37. The van der Waals surface area contributed by atoms with Crippen LogP contribution in [0.1, 0.15) is 16.8 Å². The molecule has 1 aliphatic carbocycles. The molecule has 0 saturated carbocycles.